The van der Waals surface area contributed by atoms with Gasteiger partial charge in [-0.3, -0.25) is 24.6 Å². The van der Waals surface area contributed by atoms with Crippen LogP contribution in [0, 0.1) is 0 Å². The molecule has 0 saturated carbocycles. The molecule has 1 fully saturated rings. The molecule has 0 aromatic heterocycles. The van der Waals surface area contributed by atoms with Crippen molar-refractivity contribution >= 4 is 17.6 Å². The first-order valence-electron chi connectivity index (χ1n) is 5.81. The zero-order valence-corrected chi connectivity index (χ0v) is 10.5. The molecule has 1 aromatic carbocycles. The van der Waals surface area contributed by atoms with Gasteiger partial charge in [0.05, 0.1) is 26.7 Å². The molecule has 2 amide bonds. The molecule has 19 heavy (non-hydrogen) atoms. The second kappa shape index (κ2) is 5.62. The van der Waals surface area contributed by atoms with E-state index in [-0.39, 0.29) is 37.2 Å². The highest BCUT2D eigenvalue weighted by Crippen LogP contribution is 2.12. The van der Waals surface area contributed by atoms with Crippen molar-refractivity contribution in [2.75, 3.05) is 26.7 Å². The summed E-state index contributed by atoms with van der Waals surface area (Å²) < 4.78 is 5.01. The number of imide groups is 1. The van der Waals surface area contributed by atoms with Gasteiger partial charge < -0.3 is 4.74 Å². The maximum atomic E-state index is 12.0. The van der Waals surface area contributed by atoms with Crippen LogP contribution in [0.3, 0.4) is 0 Å². The van der Waals surface area contributed by atoms with Crippen LogP contribution in [0.25, 0.3) is 0 Å². The number of rotatable bonds is 4. The van der Waals surface area contributed by atoms with Gasteiger partial charge in [0.1, 0.15) is 5.75 Å². The number of nitrogens with one attached hydrogen (secondary N) is 1. The van der Waals surface area contributed by atoms with E-state index in [9.17, 15) is 14.4 Å². The number of carbonyl (C=O) groups is 3. The SMILES string of the molecule is COc1ccc(C(=O)CN2CC(=O)NC(=O)C2)cc1. The Balaban J connectivity index is 1.99. The number of nitrogens with zero attached hydrogens (tertiary/aromatic N) is 1. The predicted molar refractivity (Wildman–Crippen MR) is 66.9 cm³/mol. The lowest BCUT2D eigenvalue weighted by atomic mass is 10.1. The highest BCUT2D eigenvalue weighted by molar-refractivity contribution is 6.01. The van der Waals surface area contributed by atoms with Crippen LogP contribution in [0.4, 0.5) is 0 Å². The number of carbonyl (C=O) groups excluding carboxylic acids is 3. The first-order chi connectivity index (χ1) is 9.08. The third-order valence-electron chi connectivity index (χ3n) is 2.79. The van der Waals surface area contributed by atoms with E-state index in [0.717, 1.165) is 0 Å². The van der Waals surface area contributed by atoms with Gasteiger partial charge in [0.2, 0.25) is 11.8 Å². The topological polar surface area (TPSA) is 75.7 Å². The van der Waals surface area contributed by atoms with Crippen LogP contribution in [0.1, 0.15) is 10.4 Å². The number of piperazine rings is 1. The second-order valence-corrected chi connectivity index (χ2v) is 4.27. The van der Waals surface area contributed by atoms with E-state index >= 15 is 0 Å². The zero-order valence-electron chi connectivity index (χ0n) is 10.5. The summed E-state index contributed by atoms with van der Waals surface area (Å²) in [5.74, 6) is -0.216. The average Bonchev–Trinajstić information content (AvgIpc) is 2.37. The summed E-state index contributed by atoms with van der Waals surface area (Å²) in [4.78, 5) is 35.9. The van der Waals surface area contributed by atoms with Crippen LogP contribution in [-0.2, 0) is 9.59 Å². The molecule has 0 unspecified atom stereocenters. The predicted octanol–water partition coefficient (Wildman–Crippen LogP) is -0.164. The number of ether oxygens (including phenoxy) is 1. The molecule has 0 atom stereocenters. The normalized spacial score (nSPS) is 16.1. The zero-order chi connectivity index (χ0) is 13.8. The summed E-state index contributed by atoms with van der Waals surface area (Å²) in [6.45, 7) is 0.173. The Morgan fingerprint density at radius 2 is 1.79 bits per heavy atom. The number of Topliss-reactive ketones (excluding diaryl/α,β-unsaturated/α-hetero) is 1. The number of hydrogen-bond acceptors (Lipinski definition) is 5. The van der Waals surface area contributed by atoms with Crippen LogP contribution >= 0.6 is 0 Å². The average molecular weight is 262 g/mol. The number of amides is 2. The maximum absolute atomic E-state index is 12.0. The lowest BCUT2D eigenvalue weighted by Crippen LogP contribution is -2.52. The Hall–Kier alpha value is -2.21. The van der Waals surface area contributed by atoms with E-state index in [2.05, 4.69) is 5.32 Å². The molecule has 1 aliphatic rings. The van der Waals surface area contributed by atoms with E-state index in [4.69, 9.17) is 4.74 Å². The number of ketones is 1. The molecule has 0 aliphatic carbocycles. The van der Waals surface area contributed by atoms with Crippen LogP contribution in [0.2, 0.25) is 0 Å². The van der Waals surface area contributed by atoms with Crippen molar-refractivity contribution in [2.24, 2.45) is 0 Å². The lowest BCUT2D eigenvalue weighted by molar-refractivity contribution is -0.135. The van der Waals surface area contributed by atoms with Gasteiger partial charge in [-0.2, -0.15) is 0 Å². The lowest BCUT2D eigenvalue weighted by Gasteiger charge is -2.24. The molecule has 1 N–H and O–H groups in total. The van der Waals surface area contributed by atoms with E-state index in [1.54, 1.807) is 31.4 Å². The third-order valence-corrected chi connectivity index (χ3v) is 2.79. The molecule has 0 radical (unpaired) electrons. The molecule has 1 heterocycles. The fourth-order valence-corrected chi connectivity index (χ4v) is 1.88. The fraction of sp³-hybridized carbons (Fsp3) is 0.308. The van der Waals surface area contributed by atoms with Crippen molar-refractivity contribution in [3.05, 3.63) is 29.8 Å². The van der Waals surface area contributed by atoms with Gasteiger partial charge in [0.15, 0.2) is 5.78 Å². The fourth-order valence-electron chi connectivity index (χ4n) is 1.88. The molecule has 1 aliphatic heterocycles. The third kappa shape index (κ3) is 3.38. The van der Waals surface area contributed by atoms with Crippen molar-refractivity contribution in [3.63, 3.8) is 0 Å². The smallest absolute Gasteiger partial charge is 0.240 e. The standard InChI is InChI=1S/C13H14N2O4/c1-19-10-4-2-9(3-5-10)11(16)6-15-7-12(17)14-13(18)8-15/h2-5H,6-8H2,1H3,(H,14,17,18). The van der Waals surface area contributed by atoms with Gasteiger partial charge in [0.25, 0.3) is 0 Å². The minimum Gasteiger partial charge on any atom is -0.497 e. The summed E-state index contributed by atoms with van der Waals surface area (Å²) in [5, 5.41) is 2.19. The molecule has 100 valence electrons. The van der Waals surface area contributed by atoms with E-state index in [1.165, 1.54) is 4.90 Å². The summed E-state index contributed by atoms with van der Waals surface area (Å²) in [7, 11) is 1.55. The monoisotopic (exact) mass is 262 g/mol. The largest absolute Gasteiger partial charge is 0.497 e. The van der Waals surface area contributed by atoms with Crippen LogP contribution in [0.5, 0.6) is 5.75 Å². The van der Waals surface area contributed by atoms with Crippen molar-refractivity contribution in [3.8, 4) is 5.75 Å². The second-order valence-electron chi connectivity index (χ2n) is 4.27. The first-order valence-corrected chi connectivity index (χ1v) is 5.81. The van der Waals surface area contributed by atoms with Gasteiger partial charge in [-0.15, -0.1) is 0 Å². The summed E-state index contributed by atoms with van der Waals surface area (Å²) >= 11 is 0. The number of methoxy groups -OCH3 is 1. The number of hydrogen-bond donors (Lipinski definition) is 1. The summed E-state index contributed by atoms with van der Waals surface area (Å²) in [6.07, 6.45) is 0. The molecular weight excluding hydrogens is 248 g/mol. The van der Waals surface area contributed by atoms with Crippen LogP contribution in [0.15, 0.2) is 24.3 Å². The van der Waals surface area contributed by atoms with Crippen molar-refractivity contribution in [1.29, 1.82) is 0 Å². The van der Waals surface area contributed by atoms with Gasteiger partial charge in [-0.25, -0.2) is 0 Å². The number of benzene rings is 1. The van der Waals surface area contributed by atoms with Gasteiger partial charge in [0, 0.05) is 5.56 Å². The van der Waals surface area contributed by atoms with Crippen molar-refractivity contribution in [1.82, 2.24) is 10.2 Å². The molecule has 1 aromatic rings. The summed E-state index contributed by atoms with van der Waals surface area (Å²) in [6, 6.07) is 6.71. The van der Waals surface area contributed by atoms with Crippen molar-refractivity contribution < 1.29 is 19.1 Å². The maximum Gasteiger partial charge on any atom is 0.240 e. The molecule has 2 rings (SSSR count). The molecule has 0 bridgehead atoms. The molecule has 1 saturated heterocycles. The first kappa shape index (κ1) is 13.2. The minimum absolute atomic E-state index is 0.0471. The quantitative estimate of drug-likeness (QED) is 0.602. The van der Waals surface area contributed by atoms with E-state index < -0.39 is 0 Å². The molecule has 6 heteroatoms. The minimum atomic E-state index is -0.376. The Morgan fingerprint density at radius 3 is 2.32 bits per heavy atom. The van der Waals surface area contributed by atoms with Crippen LogP contribution in [-0.4, -0.2) is 49.2 Å². The Bertz CT molecular complexity index is 494. The molecular formula is C13H14N2O4. The van der Waals surface area contributed by atoms with E-state index in [0.29, 0.717) is 11.3 Å². The summed E-state index contributed by atoms with van der Waals surface area (Å²) in [5.41, 5.74) is 0.527. The van der Waals surface area contributed by atoms with Crippen molar-refractivity contribution in [2.45, 2.75) is 0 Å². The molecule has 0 spiro atoms. The Labute approximate surface area is 110 Å². The Morgan fingerprint density at radius 1 is 1.21 bits per heavy atom. The van der Waals surface area contributed by atoms with Gasteiger partial charge in [-0.05, 0) is 24.3 Å². The molecule has 6 nitrogen and oxygen atoms in total. The van der Waals surface area contributed by atoms with Crippen LogP contribution < -0.4 is 10.1 Å². The van der Waals surface area contributed by atoms with Gasteiger partial charge in [-0.1, -0.05) is 0 Å². The highest BCUT2D eigenvalue weighted by atomic mass is 16.5. The Kier molecular flexibility index (Phi) is 3.91. The van der Waals surface area contributed by atoms with Gasteiger partial charge >= 0.3 is 0 Å². The highest BCUT2D eigenvalue weighted by Gasteiger charge is 2.24. The van der Waals surface area contributed by atoms with E-state index in [1.807, 2.05) is 0 Å².